The quantitative estimate of drug-likeness (QED) is 0.927. The van der Waals surface area contributed by atoms with Gasteiger partial charge in [-0.15, -0.1) is 0 Å². The van der Waals surface area contributed by atoms with Crippen molar-refractivity contribution >= 4 is 5.91 Å². The van der Waals surface area contributed by atoms with Crippen LogP contribution in [0.2, 0.25) is 0 Å². The molecular formula is C20H29N3O. The van der Waals surface area contributed by atoms with Crippen LogP contribution in [0.5, 0.6) is 0 Å². The molecule has 6 rings (SSSR count). The van der Waals surface area contributed by atoms with Crippen LogP contribution in [0.3, 0.4) is 0 Å². The van der Waals surface area contributed by atoms with Crippen molar-refractivity contribution in [3.05, 3.63) is 18.2 Å². The lowest BCUT2D eigenvalue weighted by molar-refractivity contribution is -0.130. The van der Waals surface area contributed by atoms with E-state index in [1.54, 1.807) is 0 Å². The van der Waals surface area contributed by atoms with Gasteiger partial charge in [0.15, 0.2) is 0 Å². The van der Waals surface area contributed by atoms with Crippen LogP contribution in [0, 0.1) is 29.1 Å². The first-order valence-corrected chi connectivity index (χ1v) is 9.91. The van der Waals surface area contributed by atoms with E-state index in [9.17, 15) is 4.79 Å². The number of fused-ring (bicyclic) bond motifs is 1. The van der Waals surface area contributed by atoms with E-state index in [1.807, 2.05) is 12.5 Å². The van der Waals surface area contributed by atoms with E-state index in [-0.39, 0.29) is 11.8 Å². The summed E-state index contributed by atoms with van der Waals surface area (Å²) in [7, 11) is 0. The van der Waals surface area contributed by atoms with Gasteiger partial charge in [0.05, 0.1) is 6.33 Å². The summed E-state index contributed by atoms with van der Waals surface area (Å²) in [4.78, 5) is 17.1. The Kier molecular flexibility index (Phi) is 3.33. The Morgan fingerprint density at radius 2 is 1.92 bits per heavy atom. The number of hydrogen-bond acceptors (Lipinski definition) is 2. The minimum Gasteiger partial charge on any atom is -0.353 e. The molecule has 4 aliphatic carbocycles. The molecule has 2 heterocycles. The molecule has 130 valence electrons. The lowest BCUT2D eigenvalue weighted by Gasteiger charge is -2.59. The smallest absolute Gasteiger partial charge is 0.223 e. The lowest BCUT2D eigenvalue weighted by Crippen LogP contribution is -2.56. The molecule has 1 aromatic heterocycles. The Morgan fingerprint density at radius 1 is 1.25 bits per heavy atom. The predicted molar refractivity (Wildman–Crippen MR) is 92.2 cm³/mol. The normalized spacial score (nSPS) is 41.0. The summed E-state index contributed by atoms with van der Waals surface area (Å²) in [5, 5.41) is 3.46. The molecule has 5 aliphatic rings. The highest BCUT2D eigenvalue weighted by Crippen LogP contribution is 2.61. The van der Waals surface area contributed by atoms with E-state index in [4.69, 9.17) is 0 Å². The fourth-order valence-corrected chi connectivity index (χ4v) is 6.78. The summed E-state index contributed by atoms with van der Waals surface area (Å²) in [6, 6.07) is 0.338. The second kappa shape index (κ2) is 5.34. The molecule has 4 bridgehead atoms. The standard InChI is InChI=1S/C20H29N3O/c1-13(20-8-14-4-15(9-20)6-16(5-14)10-20)22-19(24)17-2-3-23-12-21-11-18(23)7-17/h11-17H,2-10H2,1H3,(H,22,24). The fraction of sp³-hybridized carbons (Fsp3) is 0.800. The molecule has 0 saturated heterocycles. The zero-order chi connectivity index (χ0) is 16.3. The van der Waals surface area contributed by atoms with Crippen molar-refractivity contribution in [3.63, 3.8) is 0 Å². The van der Waals surface area contributed by atoms with Crippen LogP contribution in [-0.2, 0) is 17.8 Å². The number of imidazole rings is 1. The molecule has 0 aromatic carbocycles. The van der Waals surface area contributed by atoms with Crippen molar-refractivity contribution in [3.8, 4) is 0 Å². The molecule has 1 aliphatic heterocycles. The van der Waals surface area contributed by atoms with E-state index >= 15 is 0 Å². The third-order valence-corrected chi connectivity index (χ3v) is 7.71. The molecule has 4 nitrogen and oxygen atoms in total. The number of carbonyl (C=O) groups is 1. The Balaban J connectivity index is 1.27. The molecule has 2 atom stereocenters. The summed E-state index contributed by atoms with van der Waals surface area (Å²) < 4.78 is 2.19. The Morgan fingerprint density at radius 3 is 2.58 bits per heavy atom. The fourth-order valence-electron chi connectivity index (χ4n) is 6.78. The molecule has 24 heavy (non-hydrogen) atoms. The Hall–Kier alpha value is -1.32. The van der Waals surface area contributed by atoms with Gasteiger partial charge in [-0.25, -0.2) is 4.98 Å². The first-order valence-electron chi connectivity index (χ1n) is 9.91. The van der Waals surface area contributed by atoms with Gasteiger partial charge in [0.25, 0.3) is 0 Å². The van der Waals surface area contributed by atoms with E-state index < -0.39 is 0 Å². The average molecular weight is 327 g/mol. The van der Waals surface area contributed by atoms with Crippen LogP contribution < -0.4 is 5.32 Å². The first kappa shape index (κ1) is 15.0. The maximum absolute atomic E-state index is 12.9. The molecule has 1 amide bonds. The van der Waals surface area contributed by atoms with Gasteiger partial charge in [-0.2, -0.15) is 0 Å². The molecule has 0 spiro atoms. The van der Waals surface area contributed by atoms with E-state index in [0.717, 1.165) is 37.1 Å². The van der Waals surface area contributed by atoms with Gasteiger partial charge in [0, 0.05) is 36.8 Å². The van der Waals surface area contributed by atoms with Crippen LogP contribution in [0.15, 0.2) is 12.5 Å². The highest BCUT2D eigenvalue weighted by molar-refractivity contribution is 5.79. The second-order valence-corrected chi connectivity index (χ2v) is 9.28. The van der Waals surface area contributed by atoms with Gasteiger partial charge >= 0.3 is 0 Å². The number of amides is 1. The number of nitrogens with zero attached hydrogens (tertiary/aromatic N) is 2. The van der Waals surface area contributed by atoms with Crippen molar-refractivity contribution in [1.82, 2.24) is 14.9 Å². The highest BCUT2D eigenvalue weighted by Gasteiger charge is 2.53. The number of aryl methyl sites for hydroxylation is 1. The minimum absolute atomic E-state index is 0.130. The van der Waals surface area contributed by atoms with E-state index in [1.165, 1.54) is 44.2 Å². The molecule has 0 radical (unpaired) electrons. The number of rotatable bonds is 3. The van der Waals surface area contributed by atoms with Crippen molar-refractivity contribution in [2.75, 3.05) is 0 Å². The molecule has 1 aromatic rings. The van der Waals surface area contributed by atoms with Crippen molar-refractivity contribution < 1.29 is 4.79 Å². The third kappa shape index (κ3) is 2.33. The second-order valence-electron chi connectivity index (χ2n) is 9.28. The Labute approximate surface area is 144 Å². The van der Waals surface area contributed by atoms with Crippen molar-refractivity contribution in [2.24, 2.45) is 29.1 Å². The van der Waals surface area contributed by atoms with Crippen LogP contribution in [0.4, 0.5) is 0 Å². The van der Waals surface area contributed by atoms with Crippen LogP contribution in [0.25, 0.3) is 0 Å². The summed E-state index contributed by atoms with van der Waals surface area (Å²) in [5.41, 5.74) is 1.62. The molecule has 4 fully saturated rings. The third-order valence-electron chi connectivity index (χ3n) is 7.71. The molecule has 1 N–H and O–H groups in total. The zero-order valence-corrected chi connectivity index (χ0v) is 14.7. The number of aromatic nitrogens is 2. The Bertz CT molecular complexity index is 614. The summed E-state index contributed by atoms with van der Waals surface area (Å²) in [6.07, 6.45) is 14.1. The molecule has 4 heteroatoms. The monoisotopic (exact) mass is 327 g/mol. The van der Waals surface area contributed by atoms with Gasteiger partial charge in [-0.1, -0.05) is 0 Å². The average Bonchev–Trinajstić information content (AvgIpc) is 3.01. The molecule has 4 saturated carbocycles. The van der Waals surface area contributed by atoms with Crippen LogP contribution in [0.1, 0.15) is 57.6 Å². The highest BCUT2D eigenvalue weighted by atomic mass is 16.2. The van der Waals surface area contributed by atoms with E-state index in [2.05, 4.69) is 21.8 Å². The zero-order valence-electron chi connectivity index (χ0n) is 14.7. The van der Waals surface area contributed by atoms with Gasteiger partial charge < -0.3 is 9.88 Å². The summed E-state index contributed by atoms with van der Waals surface area (Å²) >= 11 is 0. The number of carbonyl (C=O) groups excluding carboxylic acids is 1. The van der Waals surface area contributed by atoms with Gasteiger partial charge in [-0.3, -0.25) is 4.79 Å². The lowest BCUT2D eigenvalue weighted by atomic mass is 9.48. The predicted octanol–water partition coefficient (Wildman–Crippen LogP) is 3.17. The maximum atomic E-state index is 12.9. The van der Waals surface area contributed by atoms with Crippen LogP contribution in [-0.4, -0.2) is 21.5 Å². The van der Waals surface area contributed by atoms with Crippen LogP contribution >= 0.6 is 0 Å². The SMILES string of the molecule is CC(NC(=O)C1CCn2cncc2C1)C12CC3CC(CC(C3)C1)C2. The van der Waals surface area contributed by atoms with Gasteiger partial charge in [0.1, 0.15) is 0 Å². The van der Waals surface area contributed by atoms with E-state index in [0.29, 0.717) is 11.5 Å². The first-order chi connectivity index (χ1) is 11.6. The van der Waals surface area contributed by atoms with Gasteiger partial charge in [0.2, 0.25) is 5.91 Å². The van der Waals surface area contributed by atoms with Crippen molar-refractivity contribution in [2.45, 2.75) is 70.9 Å². The van der Waals surface area contributed by atoms with Gasteiger partial charge in [-0.05, 0) is 75.0 Å². The molecule has 2 unspecified atom stereocenters. The summed E-state index contributed by atoms with van der Waals surface area (Å²) in [5.74, 6) is 3.25. The number of nitrogens with one attached hydrogen (secondary N) is 1. The minimum atomic E-state index is 0.130. The molecular weight excluding hydrogens is 298 g/mol. The maximum Gasteiger partial charge on any atom is 0.223 e. The van der Waals surface area contributed by atoms with Crippen molar-refractivity contribution in [1.29, 1.82) is 0 Å². The number of hydrogen-bond donors (Lipinski definition) is 1. The summed E-state index contributed by atoms with van der Waals surface area (Å²) in [6.45, 7) is 3.22. The topological polar surface area (TPSA) is 46.9 Å². The largest absolute Gasteiger partial charge is 0.353 e.